The van der Waals surface area contributed by atoms with Gasteiger partial charge in [0.05, 0.1) is 27.8 Å². The van der Waals surface area contributed by atoms with Gasteiger partial charge in [-0.25, -0.2) is 0 Å². The Balaban J connectivity index is 1.72. The molecule has 1 aromatic heterocycles. The SMILES string of the molecule is COc1cc(C(=O)Nc2nnc(Cc3ccc(SC)cc3)o2)cc(OC)c1OC. The van der Waals surface area contributed by atoms with E-state index in [-0.39, 0.29) is 6.01 Å². The molecule has 152 valence electrons. The second-order valence-electron chi connectivity index (χ2n) is 5.89. The fourth-order valence-corrected chi connectivity index (χ4v) is 3.08. The van der Waals surface area contributed by atoms with Crippen LogP contribution in [0.3, 0.4) is 0 Å². The zero-order valence-corrected chi connectivity index (χ0v) is 17.3. The molecule has 0 spiro atoms. The summed E-state index contributed by atoms with van der Waals surface area (Å²) in [6.45, 7) is 0. The molecule has 29 heavy (non-hydrogen) atoms. The van der Waals surface area contributed by atoms with Crippen LogP contribution in [0, 0.1) is 0 Å². The van der Waals surface area contributed by atoms with Gasteiger partial charge in [0.15, 0.2) is 11.5 Å². The topological polar surface area (TPSA) is 95.7 Å². The zero-order chi connectivity index (χ0) is 20.8. The quantitative estimate of drug-likeness (QED) is 0.557. The van der Waals surface area contributed by atoms with Crippen LogP contribution in [0.15, 0.2) is 45.7 Å². The number of carbonyl (C=O) groups excluding carboxylic acids is 1. The van der Waals surface area contributed by atoms with E-state index in [9.17, 15) is 4.79 Å². The Morgan fingerprint density at radius 2 is 1.69 bits per heavy atom. The number of carbonyl (C=O) groups is 1. The molecule has 0 unspecified atom stereocenters. The van der Waals surface area contributed by atoms with Crippen LogP contribution in [-0.4, -0.2) is 43.7 Å². The van der Waals surface area contributed by atoms with Crippen LogP contribution in [0.1, 0.15) is 21.8 Å². The van der Waals surface area contributed by atoms with Crippen molar-refractivity contribution in [3.63, 3.8) is 0 Å². The van der Waals surface area contributed by atoms with E-state index in [1.54, 1.807) is 23.9 Å². The van der Waals surface area contributed by atoms with E-state index in [1.165, 1.54) is 26.2 Å². The van der Waals surface area contributed by atoms with Crippen molar-refractivity contribution in [1.82, 2.24) is 10.2 Å². The van der Waals surface area contributed by atoms with Gasteiger partial charge in [0.1, 0.15) is 0 Å². The van der Waals surface area contributed by atoms with E-state index in [0.29, 0.717) is 35.1 Å². The molecule has 1 amide bonds. The molecule has 3 rings (SSSR count). The molecule has 0 aliphatic heterocycles. The van der Waals surface area contributed by atoms with E-state index in [2.05, 4.69) is 15.5 Å². The van der Waals surface area contributed by atoms with Crippen molar-refractivity contribution in [2.24, 2.45) is 0 Å². The van der Waals surface area contributed by atoms with Gasteiger partial charge in [-0.15, -0.1) is 16.9 Å². The van der Waals surface area contributed by atoms with Crippen LogP contribution < -0.4 is 19.5 Å². The highest BCUT2D eigenvalue weighted by atomic mass is 32.2. The summed E-state index contributed by atoms with van der Waals surface area (Å²) in [5.41, 5.74) is 1.33. The zero-order valence-electron chi connectivity index (χ0n) is 16.5. The second-order valence-corrected chi connectivity index (χ2v) is 6.77. The molecule has 0 aliphatic carbocycles. The van der Waals surface area contributed by atoms with E-state index in [4.69, 9.17) is 18.6 Å². The lowest BCUT2D eigenvalue weighted by Gasteiger charge is -2.13. The van der Waals surface area contributed by atoms with Gasteiger partial charge in [-0.3, -0.25) is 10.1 Å². The summed E-state index contributed by atoms with van der Waals surface area (Å²) in [4.78, 5) is 13.8. The molecule has 3 aromatic rings. The van der Waals surface area contributed by atoms with Crippen molar-refractivity contribution in [3.8, 4) is 17.2 Å². The largest absolute Gasteiger partial charge is 0.493 e. The standard InChI is InChI=1S/C20H21N3O5S/c1-25-15-10-13(11-16(26-2)18(15)27-3)19(24)21-20-23-22-17(28-20)9-12-5-7-14(29-4)8-6-12/h5-8,10-11H,9H2,1-4H3,(H,21,23,24). The number of thioether (sulfide) groups is 1. The Kier molecular flexibility index (Phi) is 6.61. The van der Waals surface area contributed by atoms with Crippen LogP contribution >= 0.6 is 11.8 Å². The molecule has 1 N–H and O–H groups in total. The third-order valence-electron chi connectivity index (χ3n) is 4.13. The maximum Gasteiger partial charge on any atom is 0.322 e. The summed E-state index contributed by atoms with van der Waals surface area (Å²) < 4.78 is 21.3. The van der Waals surface area contributed by atoms with Crippen molar-refractivity contribution in [2.75, 3.05) is 32.9 Å². The number of nitrogens with one attached hydrogen (secondary N) is 1. The summed E-state index contributed by atoms with van der Waals surface area (Å²) in [6, 6.07) is 11.2. The molecule has 0 bridgehead atoms. The number of anilines is 1. The minimum Gasteiger partial charge on any atom is -0.493 e. The highest BCUT2D eigenvalue weighted by Gasteiger charge is 2.18. The number of hydrogen-bond donors (Lipinski definition) is 1. The molecular weight excluding hydrogens is 394 g/mol. The van der Waals surface area contributed by atoms with Crippen molar-refractivity contribution in [3.05, 3.63) is 53.4 Å². The maximum absolute atomic E-state index is 12.6. The Hall–Kier alpha value is -3.20. The number of ether oxygens (including phenoxy) is 3. The first-order chi connectivity index (χ1) is 14.1. The van der Waals surface area contributed by atoms with E-state index >= 15 is 0 Å². The van der Waals surface area contributed by atoms with E-state index < -0.39 is 5.91 Å². The van der Waals surface area contributed by atoms with Crippen molar-refractivity contribution < 1.29 is 23.4 Å². The Bertz CT molecular complexity index is 963. The molecule has 9 heteroatoms. The van der Waals surface area contributed by atoms with Gasteiger partial charge < -0.3 is 18.6 Å². The summed E-state index contributed by atoms with van der Waals surface area (Å²) in [5, 5.41) is 10.5. The average Bonchev–Trinajstić information content (AvgIpc) is 3.19. The lowest BCUT2D eigenvalue weighted by molar-refractivity contribution is 0.102. The van der Waals surface area contributed by atoms with Crippen molar-refractivity contribution in [2.45, 2.75) is 11.3 Å². The smallest absolute Gasteiger partial charge is 0.322 e. The molecule has 2 aromatic carbocycles. The van der Waals surface area contributed by atoms with Crippen LogP contribution in [-0.2, 0) is 6.42 Å². The molecule has 0 saturated heterocycles. The molecule has 8 nitrogen and oxygen atoms in total. The number of hydrogen-bond acceptors (Lipinski definition) is 8. The minimum absolute atomic E-state index is 0.0134. The van der Waals surface area contributed by atoms with Gasteiger partial charge in [-0.1, -0.05) is 17.2 Å². The van der Waals surface area contributed by atoms with Gasteiger partial charge in [0, 0.05) is 10.5 Å². The lowest BCUT2D eigenvalue weighted by Crippen LogP contribution is -2.13. The molecule has 1 heterocycles. The summed E-state index contributed by atoms with van der Waals surface area (Å²) in [7, 11) is 4.46. The molecule has 0 saturated carbocycles. The average molecular weight is 415 g/mol. The highest BCUT2D eigenvalue weighted by molar-refractivity contribution is 7.98. The number of amides is 1. The summed E-state index contributed by atoms with van der Waals surface area (Å²) in [5.74, 6) is 1.11. The van der Waals surface area contributed by atoms with Crippen LogP contribution in [0.5, 0.6) is 17.2 Å². The van der Waals surface area contributed by atoms with Gasteiger partial charge in [0.25, 0.3) is 5.91 Å². The predicted molar refractivity (Wildman–Crippen MR) is 109 cm³/mol. The third-order valence-corrected chi connectivity index (χ3v) is 4.87. The Morgan fingerprint density at radius 3 is 2.24 bits per heavy atom. The number of aromatic nitrogens is 2. The lowest BCUT2D eigenvalue weighted by atomic mass is 10.1. The number of nitrogens with zero attached hydrogens (tertiary/aromatic N) is 2. The molecule has 0 fully saturated rings. The molecule has 0 radical (unpaired) electrons. The normalized spacial score (nSPS) is 10.5. The van der Waals surface area contributed by atoms with Gasteiger partial charge >= 0.3 is 6.01 Å². The third kappa shape index (κ3) is 4.80. The van der Waals surface area contributed by atoms with Gasteiger partial charge in [-0.2, -0.15) is 0 Å². The molecule has 0 aliphatic rings. The number of rotatable bonds is 8. The monoisotopic (exact) mass is 415 g/mol. The highest BCUT2D eigenvalue weighted by Crippen LogP contribution is 2.38. The van der Waals surface area contributed by atoms with Gasteiger partial charge in [0.2, 0.25) is 11.6 Å². The maximum atomic E-state index is 12.6. The number of methoxy groups -OCH3 is 3. The van der Waals surface area contributed by atoms with Gasteiger partial charge in [-0.05, 0) is 36.1 Å². The molecule has 0 atom stereocenters. The fourth-order valence-electron chi connectivity index (χ4n) is 2.68. The Labute approximate surface area is 172 Å². The predicted octanol–water partition coefficient (Wildman–Crippen LogP) is 3.66. The first-order valence-corrected chi connectivity index (χ1v) is 9.87. The van der Waals surface area contributed by atoms with Crippen LogP contribution in [0.4, 0.5) is 6.01 Å². The summed E-state index contributed by atoms with van der Waals surface area (Å²) in [6.07, 6.45) is 2.50. The van der Waals surface area contributed by atoms with E-state index in [1.807, 2.05) is 30.5 Å². The van der Waals surface area contributed by atoms with E-state index in [0.717, 1.165) is 5.56 Å². The minimum atomic E-state index is -0.441. The Morgan fingerprint density at radius 1 is 1.03 bits per heavy atom. The molecular formula is C20H21N3O5S. The fraction of sp³-hybridized carbons (Fsp3) is 0.250. The summed E-state index contributed by atoms with van der Waals surface area (Å²) >= 11 is 1.68. The van der Waals surface area contributed by atoms with Crippen LogP contribution in [0.2, 0.25) is 0 Å². The first kappa shape index (κ1) is 20.5. The second kappa shape index (κ2) is 9.33. The van der Waals surface area contributed by atoms with Crippen molar-refractivity contribution >= 4 is 23.7 Å². The van der Waals surface area contributed by atoms with Crippen molar-refractivity contribution in [1.29, 1.82) is 0 Å². The van der Waals surface area contributed by atoms with Crippen LogP contribution in [0.25, 0.3) is 0 Å². The first-order valence-electron chi connectivity index (χ1n) is 8.64. The number of benzene rings is 2.